The maximum absolute atomic E-state index is 12.6. The molecule has 3 fully saturated rings. The highest BCUT2D eigenvalue weighted by molar-refractivity contribution is 5.91. The smallest absolute Gasteiger partial charge is 0.155 e. The Kier molecular flexibility index (Phi) is 3.34. The number of Topliss-reactive ketones (excluding diaryl/α,β-unsaturated/α-hetero) is 1. The molecule has 0 heterocycles. The van der Waals surface area contributed by atoms with E-state index >= 15 is 0 Å². The topological polar surface area (TPSA) is 54.4 Å². The fourth-order valence-corrected chi connectivity index (χ4v) is 6.44. The van der Waals surface area contributed by atoms with Crippen molar-refractivity contribution in [3.63, 3.8) is 0 Å². The van der Waals surface area contributed by atoms with Crippen LogP contribution in [0.25, 0.3) is 0 Å². The lowest BCUT2D eigenvalue weighted by Crippen LogP contribution is -2.52. The zero-order valence-electron chi connectivity index (χ0n) is 13.4. The van der Waals surface area contributed by atoms with Gasteiger partial charge in [0, 0.05) is 12.8 Å². The van der Waals surface area contributed by atoms with E-state index in [4.69, 9.17) is 0 Å². The van der Waals surface area contributed by atoms with E-state index in [1.165, 1.54) is 5.57 Å². The Balaban J connectivity index is 1.66. The van der Waals surface area contributed by atoms with Gasteiger partial charge in [-0.15, -0.1) is 0 Å². The molecule has 0 bridgehead atoms. The molecule has 2 unspecified atom stereocenters. The Morgan fingerprint density at radius 2 is 1.91 bits per heavy atom. The summed E-state index contributed by atoms with van der Waals surface area (Å²) in [5.41, 5.74) is 0.929. The summed E-state index contributed by atoms with van der Waals surface area (Å²) in [5.74, 6) is 2.76. The van der Waals surface area contributed by atoms with Gasteiger partial charge in [-0.2, -0.15) is 0 Å². The number of hydrogen-bond donors (Lipinski definition) is 1. The predicted octanol–water partition coefficient (Wildman–Crippen LogP) is 3.06. The SMILES string of the molecule is CC(O)C12CC[C@H]3[C@@H](CCC4=CC(=O)CC[C@@H]43)[C@@H]1CCC2=O. The largest absolute Gasteiger partial charge is 0.392 e. The average Bonchev–Trinajstić information content (AvgIpc) is 2.85. The number of carbonyl (C=O) groups is 2. The van der Waals surface area contributed by atoms with Crippen molar-refractivity contribution in [2.24, 2.45) is 29.1 Å². The van der Waals surface area contributed by atoms with E-state index in [1.54, 1.807) is 0 Å². The fourth-order valence-electron chi connectivity index (χ4n) is 6.44. The van der Waals surface area contributed by atoms with E-state index < -0.39 is 11.5 Å². The second-order valence-corrected chi connectivity index (χ2v) is 8.02. The van der Waals surface area contributed by atoms with Crippen LogP contribution in [0, 0.1) is 29.1 Å². The van der Waals surface area contributed by atoms with Gasteiger partial charge in [0.05, 0.1) is 11.5 Å². The molecule has 120 valence electrons. The van der Waals surface area contributed by atoms with E-state index in [-0.39, 0.29) is 0 Å². The van der Waals surface area contributed by atoms with E-state index in [0.717, 1.165) is 38.5 Å². The minimum Gasteiger partial charge on any atom is -0.392 e. The Labute approximate surface area is 132 Å². The molecule has 4 aliphatic carbocycles. The van der Waals surface area contributed by atoms with Gasteiger partial charge < -0.3 is 5.11 Å². The number of rotatable bonds is 1. The normalized spacial score (nSPS) is 45.6. The van der Waals surface area contributed by atoms with Crippen molar-refractivity contribution >= 4 is 11.6 Å². The molecule has 6 atom stereocenters. The molecule has 22 heavy (non-hydrogen) atoms. The lowest BCUT2D eigenvalue weighted by atomic mass is 9.51. The molecule has 4 aliphatic rings. The molecule has 3 heteroatoms. The first kappa shape index (κ1) is 14.6. The summed E-state index contributed by atoms with van der Waals surface area (Å²) in [5, 5.41) is 10.4. The first-order valence-corrected chi connectivity index (χ1v) is 8.98. The second-order valence-electron chi connectivity index (χ2n) is 8.02. The molecule has 0 amide bonds. The van der Waals surface area contributed by atoms with Crippen LogP contribution >= 0.6 is 0 Å². The number of fused-ring (bicyclic) bond motifs is 5. The third-order valence-corrected chi connectivity index (χ3v) is 7.37. The molecular weight excluding hydrogens is 276 g/mol. The summed E-state index contributed by atoms with van der Waals surface area (Å²) in [4.78, 5) is 24.2. The molecule has 1 N–H and O–H groups in total. The van der Waals surface area contributed by atoms with Gasteiger partial charge in [0.15, 0.2) is 5.78 Å². The molecule has 0 aromatic heterocycles. The summed E-state index contributed by atoms with van der Waals surface area (Å²) in [7, 11) is 0. The summed E-state index contributed by atoms with van der Waals surface area (Å²) < 4.78 is 0. The Morgan fingerprint density at radius 1 is 1.09 bits per heavy atom. The van der Waals surface area contributed by atoms with Crippen molar-refractivity contribution in [3.05, 3.63) is 11.6 Å². The van der Waals surface area contributed by atoms with Crippen LogP contribution in [0.5, 0.6) is 0 Å². The van der Waals surface area contributed by atoms with Crippen LogP contribution in [0.4, 0.5) is 0 Å². The van der Waals surface area contributed by atoms with Crippen LogP contribution in [0.3, 0.4) is 0 Å². The highest BCUT2D eigenvalue weighted by atomic mass is 16.3. The molecule has 3 nitrogen and oxygen atoms in total. The summed E-state index contributed by atoms with van der Waals surface area (Å²) in [6, 6.07) is 0. The Hall–Kier alpha value is -0.960. The van der Waals surface area contributed by atoms with Crippen LogP contribution in [0.1, 0.15) is 58.3 Å². The third-order valence-electron chi connectivity index (χ3n) is 7.37. The molecule has 0 aliphatic heterocycles. The van der Waals surface area contributed by atoms with Crippen LogP contribution in [0.2, 0.25) is 0 Å². The molecule has 0 aromatic carbocycles. The quantitative estimate of drug-likeness (QED) is 0.810. The summed E-state index contributed by atoms with van der Waals surface area (Å²) >= 11 is 0. The molecule has 0 aromatic rings. The lowest BCUT2D eigenvalue weighted by molar-refractivity contribution is -0.143. The Bertz CT molecular complexity index is 547. The minimum atomic E-state index is -0.515. The van der Waals surface area contributed by atoms with Gasteiger partial charge in [-0.25, -0.2) is 0 Å². The van der Waals surface area contributed by atoms with Crippen LogP contribution in [0.15, 0.2) is 11.6 Å². The van der Waals surface area contributed by atoms with Crippen molar-refractivity contribution < 1.29 is 14.7 Å². The zero-order chi connectivity index (χ0) is 15.5. The van der Waals surface area contributed by atoms with E-state index in [9.17, 15) is 14.7 Å². The molecule has 3 saturated carbocycles. The first-order valence-electron chi connectivity index (χ1n) is 8.98. The number of aliphatic hydroxyl groups is 1. The predicted molar refractivity (Wildman–Crippen MR) is 83.1 cm³/mol. The van der Waals surface area contributed by atoms with Gasteiger partial charge in [-0.1, -0.05) is 5.57 Å². The minimum absolute atomic E-state index is 0.301. The van der Waals surface area contributed by atoms with Gasteiger partial charge in [-0.3, -0.25) is 9.59 Å². The van der Waals surface area contributed by atoms with Crippen LogP contribution in [-0.4, -0.2) is 22.8 Å². The zero-order valence-corrected chi connectivity index (χ0v) is 13.4. The van der Waals surface area contributed by atoms with E-state index in [0.29, 0.717) is 48.1 Å². The maximum atomic E-state index is 12.6. The van der Waals surface area contributed by atoms with E-state index in [2.05, 4.69) is 0 Å². The number of allylic oxidation sites excluding steroid dienone is 1. The van der Waals surface area contributed by atoms with Gasteiger partial charge in [0.2, 0.25) is 0 Å². The van der Waals surface area contributed by atoms with Crippen molar-refractivity contribution in [1.29, 1.82) is 0 Å². The standard InChI is InChI=1S/C19H26O3/c1-11(20)19-9-8-15-14-5-3-13(21)10-12(14)2-4-16(15)17(19)6-7-18(19)22/h10-11,14-17,20H,2-9H2,1H3/t11?,14-,15+,16+,17-,19?/m0/s1. The number of ketones is 2. The van der Waals surface area contributed by atoms with E-state index in [1.807, 2.05) is 13.0 Å². The molecule has 0 radical (unpaired) electrons. The Morgan fingerprint density at radius 3 is 2.68 bits per heavy atom. The maximum Gasteiger partial charge on any atom is 0.155 e. The molecular formula is C19H26O3. The molecule has 0 spiro atoms. The summed E-state index contributed by atoms with van der Waals surface area (Å²) in [6.07, 6.45) is 8.77. The van der Waals surface area contributed by atoms with Crippen molar-refractivity contribution in [2.45, 2.75) is 64.4 Å². The summed E-state index contributed by atoms with van der Waals surface area (Å²) in [6.45, 7) is 1.82. The molecule has 0 saturated heterocycles. The number of aliphatic hydroxyl groups excluding tert-OH is 1. The fraction of sp³-hybridized carbons (Fsp3) is 0.789. The van der Waals surface area contributed by atoms with Crippen molar-refractivity contribution in [2.75, 3.05) is 0 Å². The van der Waals surface area contributed by atoms with Crippen molar-refractivity contribution in [1.82, 2.24) is 0 Å². The monoisotopic (exact) mass is 302 g/mol. The van der Waals surface area contributed by atoms with Crippen molar-refractivity contribution in [3.8, 4) is 0 Å². The third kappa shape index (κ3) is 1.84. The van der Waals surface area contributed by atoms with Gasteiger partial charge >= 0.3 is 0 Å². The van der Waals surface area contributed by atoms with Gasteiger partial charge in [-0.05, 0) is 75.2 Å². The lowest BCUT2D eigenvalue weighted by Gasteiger charge is -2.53. The van der Waals surface area contributed by atoms with Crippen LogP contribution in [-0.2, 0) is 9.59 Å². The highest BCUT2D eigenvalue weighted by Crippen LogP contribution is 2.61. The number of carbonyl (C=O) groups excluding carboxylic acids is 2. The van der Waals surface area contributed by atoms with Crippen LogP contribution < -0.4 is 0 Å². The second kappa shape index (κ2) is 5.02. The highest BCUT2D eigenvalue weighted by Gasteiger charge is 2.60. The van der Waals surface area contributed by atoms with Gasteiger partial charge in [0.25, 0.3) is 0 Å². The average molecular weight is 302 g/mol. The number of hydrogen-bond acceptors (Lipinski definition) is 3. The molecule has 4 rings (SSSR count). The first-order chi connectivity index (χ1) is 10.5. The van der Waals surface area contributed by atoms with Gasteiger partial charge in [0.1, 0.15) is 5.78 Å².